The summed E-state index contributed by atoms with van der Waals surface area (Å²) in [6, 6.07) is 8.10. The van der Waals surface area contributed by atoms with Crippen LogP contribution in [0.3, 0.4) is 0 Å². The zero-order valence-electron chi connectivity index (χ0n) is 14.2. The van der Waals surface area contributed by atoms with Gasteiger partial charge in [0.05, 0.1) is 5.75 Å². The Kier molecular flexibility index (Phi) is 6.19. The smallest absolute Gasteiger partial charge is 0.233 e. The van der Waals surface area contributed by atoms with E-state index in [-0.39, 0.29) is 5.91 Å². The molecule has 1 N–H and O–H groups in total. The Hall–Kier alpha value is -1.31. The minimum absolute atomic E-state index is 0.184. The maximum Gasteiger partial charge on any atom is 0.233 e. The normalized spacial score (nSPS) is 20.5. The van der Waals surface area contributed by atoms with Gasteiger partial charge in [0.2, 0.25) is 11.0 Å². The van der Waals surface area contributed by atoms with Crippen LogP contribution in [-0.4, -0.2) is 38.8 Å². The monoisotopic (exact) mass is 396 g/mol. The molecule has 0 bridgehead atoms. The van der Waals surface area contributed by atoms with Crippen LogP contribution < -0.4 is 5.32 Å². The Labute approximate surface area is 161 Å². The molecule has 5 nitrogen and oxygen atoms in total. The second kappa shape index (κ2) is 8.38. The number of aromatic nitrogens is 2. The summed E-state index contributed by atoms with van der Waals surface area (Å²) in [6.07, 6.45) is 3.38. The lowest BCUT2D eigenvalue weighted by molar-refractivity contribution is -0.134. The van der Waals surface area contributed by atoms with E-state index in [1.807, 2.05) is 29.2 Å². The van der Waals surface area contributed by atoms with Crippen LogP contribution in [0.4, 0.5) is 10.8 Å². The molecule has 8 heteroatoms. The van der Waals surface area contributed by atoms with Crippen LogP contribution >= 0.6 is 34.7 Å². The summed E-state index contributed by atoms with van der Waals surface area (Å²) in [6.45, 7) is 4.27. The number of nitrogens with zero attached hydrogens (tertiary/aromatic N) is 3. The van der Waals surface area contributed by atoms with E-state index in [4.69, 9.17) is 11.6 Å². The molecule has 2 atom stereocenters. The van der Waals surface area contributed by atoms with Gasteiger partial charge < -0.3 is 10.2 Å². The van der Waals surface area contributed by atoms with Crippen molar-refractivity contribution < 1.29 is 4.79 Å². The molecule has 1 fully saturated rings. The van der Waals surface area contributed by atoms with E-state index in [9.17, 15) is 4.79 Å². The second-order valence-corrected chi connectivity index (χ2v) is 8.86. The number of thioether (sulfide) groups is 1. The molecule has 1 aromatic heterocycles. The molecule has 3 rings (SSSR count). The highest BCUT2D eigenvalue weighted by molar-refractivity contribution is 8.01. The van der Waals surface area contributed by atoms with Crippen LogP contribution in [0.2, 0.25) is 5.02 Å². The molecule has 0 saturated carbocycles. The van der Waals surface area contributed by atoms with E-state index in [0.29, 0.717) is 28.0 Å². The SMILES string of the molecule is C[C@H]1CCC[C@H](C)N1C(=O)CSc1nnc(Nc2cccc(Cl)c2)s1. The highest BCUT2D eigenvalue weighted by Gasteiger charge is 2.28. The fourth-order valence-electron chi connectivity index (χ4n) is 3.12. The zero-order chi connectivity index (χ0) is 17.8. The molecule has 1 aromatic carbocycles. The number of amides is 1. The molecule has 0 unspecified atom stereocenters. The number of nitrogens with one attached hydrogen (secondary N) is 1. The predicted molar refractivity (Wildman–Crippen MR) is 105 cm³/mol. The summed E-state index contributed by atoms with van der Waals surface area (Å²) >= 11 is 8.87. The Morgan fingerprint density at radius 2 is 2.12 bits per heavy atom. The summed E-state index contributed by atoms with van der Waals surface area (Å²) in [5.74, 6) is 0.588. The van der Waals surface area contributed by atoms with E-state index in [1.165, 1.54) is 29.5 Å². The molecular weight excluding hydrogens is 376 g/mol. The van der Waals surface area contributed by atoms with Crippen LogP contribution in [-0.2, 0) is 4.79 Å². The van der Waals surface area contributed by atoms with E-state index in [0.717, 1.165) is 22.9 Å². The molecule has 0 spiro atoms. The molecule has 2 heterocycles. The van der Waals surface area contributed by atoms with E-state index < -0.39 is 0 Å². The van der Waals surface area contributed by atoms with Crippen molar-refractivity contribution in [3.8, 4) is 0 Å². The van der Waals surface area contributed by atoms with Gasteiger partial charge in [0.1, 0.15) is 0 Å². The van der Waals surface area contributed by atoms with E-state index in [1.54, 1.807) is 0 Å². The molecule has 2 aromatic rings. The van der Waals surface area contributed by atoms with Gasteiger partial charge >= 0.3 is 0 Å². The minimum atomic E-state index is 0.184. The molecule has 0 radical (unpaired) electrons. The van der Waals surface area contributed by atoms with Crippen molar-refractivity contribution in [2.75, 3.05) is 11.1 Å². The summed E-state index contributed by atoms with van der Waals surface area (Å²) in [4.78, 5) is 14.6. The second-order valence-electron chi connectivity index (χ2n) is 6.23. The largest absolute Gasteiger partial charge is 0.337 e. The number of anilines is 2. The van der Waals surface area contributed by atoms with Crippen molar-refractivity contribution in [3.63, 3.8) is 0 Å². The van der Waals surface area contributed by atoms with Crippen LogP contribution in [0.15, 0.2) is 28.6 Å². The Morgan fingerprint density at radius 1 is 1.36 bits per heavy atom. The number of rotatable bonds is 5. The summed E-state index contributed by atoms with van der Waals surface area (Å²) in [7, 11) is 0. The number of piperidine rings is 1. The van der Waals surface area contributed by atoms with Crippen molar-refractivity contribution in [2.45, 2.75) is 49.5 Å². The Bertz CT molecular complexity index is 729. The molecule has 1 saturated heterocycles. The fourth-order valence-corrected chi connectivity index (χ4v) is 4.95. The lowest BCUT2D eigenvalue weighted by atomic mass is 9.98. The van der Waals surface area contributed by atoms with Crippen molar-refractivity contribution in [1.82, 2.24) is 15.1 Å². The molecular formula is C17H21ClN4OS2. The van der Waals surface area contributed by atoms with Crippen LogP contribution in [0, 0.1) is 0 Å². The van der Waals surface area contributed by atoms with Crippen molar-refractivity contribution in [2.24, 2.45) is 0 Å². The van der Waals surface area contributed by atoms with Crippen LogP contribution in [0.5, 0.6) is 0 Å². The molecule has 134 valence electrons. The van der Waals surface area contributed by atoms with Gasteiger partial charge in [-0.25, -0.2) is 0 Å². The average Bonchev–Trinajstić information content (AvgIpc) is 3.00. The van der Waals surface area contributed by atoms with Gasteiger partial charge in [0.25, 0.3) is 0 Å². The quantitative estimate of drug-likeness (QED) is 0.734. The number of hydrogen-bond donors (Lipinski definition) is 1. The van der Waals surface area contributed by atoms with Crippen molar-refractivity contribution >= 4 is 51.4 Å². The van der Waals surface area contributed by atoms with Gasteiger partial charge in [0, 0.05) is 22.8 Å². The highest BCUT2D eigenvalue weighted by Crippen LogP contribution is 2.30. The minimum Gasteiger partial charge on any atom is -0.337 e. The number of hydrogen-bond acceptors (Lipinski definition) is 6. The highest BCUT2D eigenvalue weighted by atomic mass is 35.5. The summed E-state index contributed by atoms with van der Waals surface area (Å²) in [5, 5.41) is 12.8. The maximum absolute atomic E-state index is 12.6. The number of benzene rings is 1. The van der Waals surface area contributed by atoms with Gasteiger partial charge in [0.15, 0.2) is 4.34 Å². The summed E-state index contributed by atoms with van der Waals surface area (Å²) in [5.41, 5.74) is 0.868. The van der Waals surface area contributed by atoms with E-state index in [2.05, 4.69) is 29.4 Å². The third-order valence-electron chi connectivity index (χ3n) is 4.28. The number of carbonyl (C=O) groups is 1. The molecule has 1 aliphatic heterocycles. The number of carbonyl (C=O) groups excluding carboxylic acids is 1. The predicted octanol–water partition coefficient (Wildman–Crippen LogP) is 4.82. The van der Waals surface area contributed by atoms with Gasteiger partial charge in [-0.15, -0.1) is 10.2 Å². The van der Waals surface area contributed by atoms with Gasteiger partial charge in [-0.05, 0) is 51.3 Å². The molecule has 1 aliphatic rings. The standard InChI is InChI=1S/C17H21ClN4OS2/c1-11-5-3-6-12(2)22(11)15(23)10-24-17-21-20-16(25-17)19-14-8-4-7-13(18)9-14/h4,7-9,11-12H,3,5-6,10H2,1-2H3,(H,19,20)/t11-,12-/m0/s1. The first-order chi connectivity index (χ1) is 12.0. The third kappa shape index (κ3) is 4.86. The molecule has 1 amide bonds. The first-order valence-corrected chi connectivity index (χ1v) is 10.5. The third-order valence-corrected chi connectivity index (χ3v) is 6.47. The zero-order valence-corrected chi connectivity index (χ0v) is 16.6. The molecule has 0 aliphatic carbocycles. The fraction of sp³-hybridized carbons (Fsp3) is 0.471. The van der Waals surface area contributed by atoms with Crippen molar-refractivity contribution in [1.29, 1.82) is 0 Å². The van der Waals surface area contributed by atoms with Crippen LogP contribution in [0.25, 0.3) is 0 Å². The van der Waals surface area contributed by atoms with E-state index >= 15 is 0 Å². The van der Waals surface area contributed by atoms with Crippen molar-refractivity contribution in [3.05, 3.63) is 29.3 Å². The Morgan fingerprint density at radius 3 is 2.84 bits per heavy atom. The summed E-state index contributed by atoms with van der Waals surface area (Å²) < 4.78 is 0.787. The lowest BCUT2D eigenvalue weighted by Crippen LogP contribution is -2.48. The topological polar surface area (TPSA) is 58.1 Å². The van der Waals surface area contributed by atoms with Gasteiger partial charge in [-0.2, -0.15) is 0 Å². The van der Waals surface area contributed by atoms with Crippen LogP contribution in [0.1, 0.15) is 33.1 Å². The Balaban J connectivity index is 1.55. The van der Waals surface area contributed by atoms with Gasteiger partial charge in [-0.1, -0.05) is 40.8 Å². The number of likely N-dealkylation sites (tertiary alicyclic amines) is 1. The average molecular weight is 397 g/mol. The molecule has 25 heavy (non-hydrogen) atoms. The first kappa shape index (κ1) is 18.5. The lowest BCUT2D eigenvalue weighted by Gasteiger charge is -2.39. The first-order valence-electron chi connectivity index (χ1n) is 8.33. The van der Waals surface area contributed by atoms with Gasteiger partial charge in [-0.3, -0.25) is 4.79 Å². The number of halogens is 1. The maximum atomic E-state index is 12.6.